The van der Waals surface area contributed by atoms with Crippen LogP contribution in [0.2, 0.25) is 0 Å². The van der Waals surface area contributed by atoms with E-state index in [1.54, 1.807) is 0 Å². The van der Waals surface area contributed by atoms with Crippen molar-refractivity contribution in [1.82, 2.24) is 0 Å². The summed E-state index contributed by atoms with van der Waals surface area (Å²) in [6, 6.07) is 6.93. The molecule has 0 radical (unpaired) electrons. The molecule has 0 heterocycles. The van der Waals surface area contributed by atoms with Gasteiger partial charge in [0, 0.05) is 0 Å². The van der Waals surface area contributed by atoms with Crippen LogP contribution in [0.15, 0.2) is 18.2 Å². The molecule has 1 unspecified atom stereocenters. The minimum atomic E-state index is 0.257. The summed E-state index contributed by atoms with van der Waals surface area (Å²) in [7, 11) is 0. The molecular formula is C15H24. The number of hydrogen-bond acceptors (Lipinski definition) is 0. The van der Waals surface area contributed by atoms with E-state index in [-0.39, 0.29) is 5.41 Å². The first-order valence-electron chi connectivity index (χ1n) is 5.97. The molecule has 0 nitrogen and oxygen atoms in total. The van der Waals surface area contributed by atoms with Crippen molar-refractivity contribution in [2.45, 2.75) is 59.3 Å². The van der Waals surface area contributed by atoms with Gasteiger partial charge in [0.05, 0.1) is 0 Å². The van der Waals surface area contributed by atoms with E-state index in [1.165, 1.54) is 23.1 Å². The van der Waals surface area contributed by atoms with Crippen molar-refractivity contribution < 1.29 is 0 Å². The first-order chi connectivity index (χ1) is 6.86. The predicted octanol–water partition coefficient (Wildman–Crippen LogP) is 4.81. The molecule has 0 spiro atoms. The fourth-order valence-corrected chi connectivity index (χ4v) is 1.99. The second-order valence-corrected chi connectivity index (χ2v) is 5.63. The van der Waals surface area contributed by atoms with Gasteiger partial charge in [-0.2, -0.15) is 0 Å². The van der Waals surface area contributed by atoms with Gasteiger partial charge in [-0.3, -0.25) is 0 Å². The smallest absolute Gasteiger partial charge is 0.0129 e. The molecule has 0 fully saturated rings. The van der Waals surface area contributed by atoms with Crippen LogP contribution in [0, 0.1) is 6.92 Å². The normalized spacial score (nSPS) is 14.0. The maximum Gasteiger partial charge on any atom is -0.0129 e. The summed E-state index contributed by atoms with van der Waals surface area (Å²) < 4.78 is 0. The van der Waals surface area contributed by atoms with Crippen molar-refractivity contribution in [2.24, 2.45) is 0 Å². The van der Waals surface area contributed by atoms with Crippen LogP contribution in [0.1, 0.15) is 63.6 Å². The molecular weight excluding hydrogens is 180 g/mol. The lowest BCUT2D eigenvalue weighted by Gasteiger charge is -2.23. The zero-order chi connectivity index (χ0) is 11.6. The van der Waals surface area contributed by atoms with Crippen molar-refractivity contribution in [3.05, 3.63) is 34.9 Å². The Balaban J connectivity index is 3.17. The topological polar surface area (TPSA) is 0 Å². The van der Waals surface area contributed by atoms with Crippen LogP contribution in [-0.2, 0) is 5.41 Å². The quantitative estimate of drug-likeness (QED) is 0.648. The van der Waals surface area contributed by atoms with Crippen molar-refractivity contribution in [2.75, 3.05) is 0 Å². The average Bonchev–Trinajstić information content (AvgIpc) is 2.15. The summed E-state index contributed by atoms with van der Waals surface area (Å²) >= 11 is 0. The van der Waals surface area contributed by atoms with Crippen molar-refractivity contribution in [1.29, 1.82) is 0 Å². The summed E-state index contributed by atoms with van der Waals surface area (Å²) in [5, 5.41) is 0. The second kappa shape index (κ2) is 4.38. The molecule has 0 saturated heterocycles. The first-order valence-corrected chi connectivity index (χ1v) is 5.97. The number of aryl methyl sites for hydroxylation is 1. The third-order valence-electron chi connectivity index (χ3n) is 3.25. The monoisotopic (exact) mass is 204 g/mol. The maximum atomic E-state index is 2.39. The van der Waals surface area contributed by atoms with Gasteiger partial charge in [-0.15, -0.1) is 0 Å². The molecule has 0 bridgehead atoms. The van der Waals surface area contributed by atoms with Crippen LogP contribution < -0.4 is 0 Å². The fraction of sp³-hybridized carbons (Fsp3) is 0.600. The third-order valence-corrected chi connectivity index (χ3v) is 3.25. The van der Waals surface area contributed by atoms with E-state index < -0.39 is 0 Å². The predicted molar refractivity (Wildman–Crippen MR) is 68.6 cm³/mol. The Hall–Kier alpha value is -0.780. The highest BCUT2D eigenvalue weighted by Gasteiger charge is 2.17. The van der Waals surface area contributed by atoms with Crippen LogP contribution in [0.3, 0.4) is 0 Å². The minimum absolute atomic E-state index is 0.257. The molecule has 1 aromatic rings. The summed E-state index contributed by atoms with van der Waals surface area (Å²) in [4.78, 5) is 0. The van der Waals surface area contributed by atoms with Crippen LogP contribution in [0.5, 0.6) is 0 Å². The highest BCUT2D eigenvalue weighted by molar-refractivity contribution is 5.37. The van der Waals surface area contributed by atoms with Gasteiger partial charge in [0.1, 0.15) is 0 Å². The summed E-state index contributed by atoms with van der Waals surface area (Å²) in [6.07, 6.45) is 1.21. The van der Waals surface area contributed by atoms with E-state index in [9.17, 15) is 0 Å². The van der Waals surface area contributed by atoms with E-state index in [2.05, 4.69) is 59.7 Å². The Bertz CT molecular complexity index is 328. The zero-order valence-electron chi connectivity index (χ0n) is 11.0. The van der Waals surface area contributed by atoms with E-state index in [4.69, 9.17) is 0 Å². The SMILES string of the molecule is CCC(C)c1ccc(C)c(C(C)(C)C)c1. The van der Waals surface area contributed by atoms with E-state index in [1.807, 2.05) is 0 Å². The van der Waals surface area contributed by atoms with E-state index >= 15 is 0 Å². The van der Waals surface area contributed by atoms with Gasteiger partial charge >= 0.3 is 0 Å². The van der Waals surface area contributed by atoms with E-state index in [0.29, 0.717) is 5.92 Å². The molecule has 0 amide bonds. The Kier molecular flexibility index (Phi) is 3.59. The van der Waals surface area contributed by atoms with Gasteiger partial charge in [-0.1, -0.05) is 52.8 Å². The van der Waals surface area contributed by atoms with Crippen molar-refractivity contribution >= 4 is 0 Å². The molecule has 1 aromatic carbocycles. The van der Waals surface area contributed by atoms with Crippen molar-refractivity contribution in [3.8, 4) is 0 Å². The Morgan fingerprint density at radius 2 is 1.80 bits per heavy atom. The van der Waals surface area contributed by atoms with Crippen LogP contribution in [-0.4, -0.2) is 0 Å². The number of benzene rings is 1. The van der Waals surface area contributed by atoms with Gasteiger partial charge in [-0.25, -0.2) is 0 Å². The first kappa shape index (κ1) is 12.3. The van der Waals surface area contributed by atoms with Crippen LogP contribution >= 0.6 is 0 Å². The van der Waals surface area contributed by atoms with Gasteiger partial charge in [-0.05, 0) is 41.4 Å². The highest BCUT2D eigenvalue weighted by Crippen LogP contribution is 2.29. The van der Waals surface area contributed by atoms with Crippen LogP contribution in [0.25, 0.3) is 0 Å². The Morgan fingerprint density at radius 3 is 2.27 bits per heavy atom. The molecule has 0 N–H and O–H groups in total. The molecule has 0 heteroatoms. The zero-order valence-corrected chi connectivity index (χ0v) is 11.0. The minimum Gasteiger partial charge on any atom is -0.0648 e. The van der Waals surface area contributed by atoms with Gasteiger partial charge in [0.25, 0.3) is 0 Å². The largest absolute Gasteiger partial charge is 0.0648 e. The average molecular weight is 204 g/mol. The standard InChI is InChI=1S/C15H24/c1-7-11(2)13-9-8-12(3)14(10-13)15(4,5)6/h8-11H,7H2,1-6H3. The lowest BCUT2D eigenvalue weighted by Crippen LogP contribution is -2.13. The molecule has 0 saturated carbocycles. The van der Waals surface area contributed by atoms with Gasteiger partial charge in [0.15, 0.2) is 0 Å². The van der Waals surface area contributed by atoms with Crippen LogP contribution in [0.4, 0.5) is 0 Å². The fourth-order valence-electron chi connectivity index (χ4n) is 1.99. The van der Waals surface area contributed by atoms with Gasteiger partial charge < -0.3 is 0 Å². The molecule has 0 aliphatic heterocycles. The maximum absolute atomic E-state index is 2.39. The van der Waals surface area contributed by atoms with Crippen molar-refractivity contribution in [3.63, 3.8) is 0 Å². The molecule has 1 rings (SSSR count). The summed E-state index contributed by atoms with van der Waals surface area (Å²) in [5.74, 6) is 0.673. The molecule has 15 heavy (non-hydrogen) atoms. The second-order valence-electron chi connectivity index (χ2n) is 5.63. The number of rotatable bonds is 2. The highest BCUT2D eigenvalue weighted by atomic mass is 14.2. The van der Waals surface area contributed by atoms with E-state index in [0.717, 1.165) is 0 Å². The Morgan fingerprint density at radius 1 is 1.20 bits per heavy atom. The molecule has 0 aliphatic carbocycles. The molecule has 1 atom stereocenters. The molecule has 0 aromatic heterocycles. The summed E-state index contributed by atoms with van der Waals surface area (Å²) in [5.41, 5.74) is 4.64. The lowest BCUT2D eigenvalue weighted by atomic mass is 9.81. The lowest BCUT2D eigenvalue weighted by molar-refractivity contribution is 0.583. The Labute approximate surface area is 94.7 Å². The number of hydrogen-bond donors (Lipinski definition) is 0. The molecule has 0 aliphatic rings. The third kappa shape index (κ3) is 2.84. The molecule has 84 valence electrons. The van der Waals surface area contributed by atoms with Gasteiger partial charge in [0.2, 0.25) is 0 Å². The summed E-state index contributed by atoms with van der Waals surface area (Å²) in [6.45, 7) is 13.6.